The van der Waals surface area contributed by atoms with E-state index < -0.39 is 0 Å². The molecule has 0 aromatic carbocycles. The number of rotatable bonds is 5. The number of carbonyl (C=O) groups excluding carboxylic acids is 1. The fraction of sp³-hybridized carbons (Fsp3) is 0.571. The number of nitrogens with two attached hydrogens (primary N) is 2. The van der Waals surface area contributed by atoms with Gasteiger partial charge in [-0.2, -0.15) is 9.97 Å². The van der Waals surface area contributed by atoms with Gasteiger partial charge in [-0.3, -0.25) is 0 Å². The monoisotopic (exact) mass is 458 g/mol. The van der Waals surface area contributed by atoms with Crippen LogP contribution in [0.1, 0.15) is 26.7 Å². The highest BCUT2D eigenvalue weighted by Gasteiger charge is 2.26. The van der Waals surface area contributed by atoms with Crippen molar-refractivity contribution in [2.75, 3.05) is 55.8 Å². The highest BCUT2D eigenvalue weighted by molar-refractivity contribution is 5.72. The molecule has 2 aliphatic rings. The number of hydrogen-bond acceptors (Lipinski definition) is 11. The van der Waals surface area contributed by atoms with Crippen molar-refractivity contribution >= 4 is 23.8 Å². The molecule has 4 heterocycles. The van der Waals surface area contributed by atoms with E-state index in [1.165, 1.54) is 0 Å². The van der Waals surface area contributed by atoms with Gasteiger partial charge in [-0.25, -0.2) is 14.8 Å². The van der Waals surface area contributed by atoms with Gasteiger partial charge in [0.25, 0.3) is 0 Å². The van der Waals surface area contributed by atoms with Gasteiger partial charge in [0.2, 0.25) is 17.8 Å². The first-order chi connectivity index (χ1) is 15.9. The maximum atomic E-state index is 12.1. The molecular formula is C21H30N8O4. The highest BCUT2D eigenvalue weighted by atomic mass is 16.6. The van der Waals surface area contributed by atoms with Gasteiger partial charge in [-0.05, 0) is 13.8 Å². The summed E-state index contributed by atoms with van der Waals surface area (Å²) in [4.78, 5) is 33.3. The second-order valence-corrected chi connectivity index (χ2v) is 8.25. The van der Waals surface area contributed by atoms with Crippen molar-refractivity contribution in [1.82, 2.24) is 24.8 Å². The van der Waals surface area contributed by atoms with Gasteiger partial charge in [-0.1, -0.05) is 0 Å². The molecule has 178 valence electrons. The lowest BCUT2D eigenvalue weighted by Gasteiger charge is -2.32. The number of aromatic nitrogens is 4. The fourth-order valence-corrected chi connectivity index (χ4v) is 3.73. The Morgan fingerprint density at radius 3 is 2.52 bits per heavy atom. The first kappa shape index (κ1) is 22.8. The Labute approximate surface area is 192 Å². The minimum Gasteiger partial charge on any atom is -0.474 e. The fourth-order valence-electron chi connectivity index (χ4n) is 3.73. The number of anilines is 3. The number of likely N-dealkylation sites (tertiary alicyclic amines) is 1. The van der Waals surface area contributed by atoms with Crippen LogP contribution in [0.3, 0.4) is 0 Å². The van der Waals surface area contributed by atoms with Crippen LogP contribution < -0.4 is 21.1 Å². The first-order valence-electron chi connectivity index (χ1n) is 11.1. The van der Waals surface area contributed by atoms with Crippen LogP contribution in [0.25, 0.3) is 11.3 Å². The Morgan fingerprint density at radius 1 is 1.12 bits per heavy atom. The zero-order valence-corrected chi connectivity index (χ0v) is 18.9. The van der Waals surface area contributed by atoms with Crippen molar-refractivity contribution in [3.05, 3.63) is 12.3 Å². The molecule has 2 aromatic heterocycles. The molecule has 4 N–H and O–H groups in total. The molecule has 2 aromatic rings. The number of carbonyl (C=O) groups is 1. The molecule has 2 fully saturated rings. The van der Waals surface area contributed by atoms with Crippen molar-refractivity contribution in [2.45, 2.75) is 38.9 Å². The Kier molecular flexibility index (Phi) is 6.92. The Balaban J connectivity index is 1.53. The van der Waals surface area contributed by atoms with Crippen LogP contribution in [-0.2, 0) is 9.47 Å². The summed E-state index contributed by atoms with van der Waals surface area (Å²) in [6.45, 7) is 7.34. The molecule has 0 aliphatic carbocycles. The Bertz CT molecular complexity index is 975. The first-order valence-corrected chi connectivity index (χ1v) is 11.1. The lowest BCUT2D eigenvalue weighted by molar-refractivity contribution is 0.0507. The molecule has 0 atom stereocenters. The van der Waals surface area contributed by atoms with E-state index in [0.717, 1.165) is 0 Å². The van der Waals surface area contributed by atoms with Gasteiger partial charge in [0.1, 0.15) is 11.9 Å². The summed E-state index contributed by atoms with van der Waals surface area (Å²) in [5, 5.41) is 0. The molecule has 4 rings (SSSR count). The molecule has 0 radical (unpaired) electrons. The standard InChI is InChI=1S/C21H30N8O4/c1-13(2)32-21(30)29-5-3-14(4-6-29)33-17-11-16(15-12-24-19(23)27-18(15)22)25-20(26-17)28-7-9-31-10-8-28/h11-14H,3-10H2,1-2H3,(H4,22,23,24,27). The number of piperidine rings is 1. The van der Waals surface area contributed by atoms with E-state index in [1.54, 1.807) is 17.2 Å². The number of nitrogens with zero attached hydrogens (tertiary/aromatic N) is 6. The maximum absolute atomic E-state index is 12.1. The molecule has 1 amide bonds. The van der Waals surface area contributed by atoms with E-state index in [0.29, 0.717) is 75.3 Å². The van der Waals surface area contributed by atoms with Crippen molar-refractivity contribution in [3.8, 4) is 17.1 Å². The predicted molar refractivity (Wildman–Crippen MR) is 122 cm³/mol. The number of ether oxygens (including phenoxy) is 3. The molecule has 0 bridgehead atoms. The second-order valence-electron chi connectivity index (χ2n) is 8.25. The molecule has 33 heavy (non-hydrogen) atoms. The number of nitrogen functional groups attached to an aromatic ring is 2. The van der Waals surface area contributed by atoms with Crippen LogP contribution in [0.2, 0.25) is 0 Å². The molecule has 12 heteroatoms. The van der Waals surface area contributed by atoms with Gasteiger partial charge < -0.3 is 35.5 Å². The van der Waals surface area contributed by atoms with E-state index >= 15 is 0 Å². The minimum absolute atomic E-state index is 0.0894. The van der Waals surface area contributed by atoms with Gasteiger partial charge in [-0.15, -0.1) is 0 Å². The molecule has 2 saturated heterocycles. The van der Waals surface area contributed by atoms with Crippen LogP contribution >= 0.6 is 0 Å². The smallest absolute Gasteiger partial charge is 0.410 e. The summed E-state index contributed by atoms with van der Waals surface area (Å²) in [7, 11) is 0. The average molecular weight is 459 g/mol. The summed E-state index contributed by atoms with van der Waals surface area (Å²) < 4.78 is 17.0. The van der Waals surface area contributed by atoms with Crippen LogP contribution in [0.5, 0.6) is 5.88 Å². The third kappa shape index (κ3) is 5.69. The van der Waals surface area contributed by atoms with Crippen LogP contribution in [0, 0.1) is 0 Å². The number of amides is 1. The second kappa shape index (κ2) is 10.0. The zero-order chi connectivity index (χ0) is 23.4. The van der Waals surface area contributed by atoms with Gasteiger partial charge in [0.15, 0.2) is 0 Å². The van der Waals surface area contributed by atoms with Crippen LogP contribution in [-0.4, -0.2) is 82.5 Å². The van der Waals surface area contributed by atoms with Crippen molar-refractivity contribution in [2.24, 2.45) is 0 Å². The Morgan fingerprint density at radius 2 is 1.85 bits per heavy atom. The van der Waals surface area contributed by atoms with Crippen LogP contribution in [0.4, 0.5) is 22.5 Å². The topological polar surface area (TPSA) is 155 Å². The predicted octanol–water partition coefficient (Wildman–Crippen LogP) is 1.32. The van der Waals surface area contributed by atoms with Gasteiger partial charge in [0, 0.05) is 51.3 Å². The summed E-state index contributed by atoms with van der Waals surface area (Å²) in [6, 6.07) is 1.73. The van der Waals surface area contributed by atoms with Crippen molar-refractivity contribution in [1.29, 1.82) is 0 Å². The van der Waals surface area contributed by atoms with E-state index in [-0.39, 0.29) is 30.1 Å². The number of morpholine rings is 1. The Hall–Kier alpha value is -3.41. The third-order valence-corrected chi connectivity index (χ3v) is 5.42. The SMILES string of the molecule is CC(C)OC(=O)N1CCC(Oc2cc(-c3cnc(N)nc3N)nc(N3CCOCC3)n2)CC1. The molecular weight excluding hydrogens is 428 g/mol. The normalized spacial score (nSPS) is 17.3. The zero-order valence-electron chi connectivity index (χ0n) is 18.9. The molecule has 2 aliphatic heterocycles. The van der Waals surface area contributed by atoms with E-state index in [2.05, 4.69) is 19.9 Å². The number of hydrogen-bond donors (Lipinski definition) is 2. The van der Waals surface area contributed by atoms with Gasteiger partial charge in [0.05, 0.1) is 30.6 Å². The summed E-state index contributed by atoms with van der Waals surface area (Å²) in [5.41, 5.74) is 12.8. The third-order valence-electron chi connectivity index (χ3n) is 5.42. The van der Waals surface area contributed by atoms with E-state index in [9.17, 15) is 4.79 Å². The lowest BCUT2D eigenvalue weighted by atomic mass is 10.1. The lowest BCUT2D eigenvalue weighted by Crippen LogP contribution is -2.42. The molecule has 12 nitrogen and oxygen atoms in total. The molecule has 0 unspecified atom stereocenters. The van der Waals surface area contributed by atoms with Crippen LogP contribution in [0.15, 0.2) is 12.3 Å². The van der Waals surface area contributed by atoms with E-state index in [1.807, 2.05) is 18.7 Å². The molecule has 0 spiro atoms. The summed E-state index contributed by atoms with van der Waals surface area (Å²) >= 11 is 0. The largest absolute Gasteiger partial charge is 0.474 e. The minimum atomic E-state index is -0.291. The maximum Gasteiger partial charge on any atom is 0.410 e. The quantitative estimate of drug-likeness (QED) is 0.666. The van der Waals surface area contributed by atoms with E-state index in [4.69, 9.17) is 25.7 Å². The van der Waals surface area contributed by atoms with Gasteiger partial charge >= 0.3 is 6.09 Å². The summed E-state index contributed by atoms with van der Waals surface area (Å²) in [6.07, 6.45) is 2.37. The van der Waals surface area contributed by atoms with Crippen molar-refractivity contribution < 1.29 is 19.0 Å². The van der Waals surface area contributed by atoms with Crippen molar-refractivity contribution in [3.63, 3.8) is 0 Å². The average Bonchev–Trinajstić information content (AvgIpc) is 2.79. The molecule has 0 saturated carbocycles. The highest BCUT2D eigenvalue weighted by Crippen LogP contribution is 2.29. The summed E-state index contributed by atoms with van der Waals surface area (Å²) in [5.74, 6) is 1.29.